The van der Waals surface area contributed by atoms with Crippen LogP contribution in [0.15, 0.2) is 23.1 Å². The fraction of sp³-hybridized carbons (Fsp3) is 0.538. The molecule has 0 aromatic heterocycles. The topological polar surface area (TPSA) is 40.6 Å². The van der Waals surface area contributed by atoms with Gasteiger partial charge in [0.05, 0.1) is 4.90 Å². The number of benzene rings is 1. The third-order valence-corrected chi connectivity index (χ3v) is 5.97. The number of aryl methyl sites for hydroxylation is 1. The molecule has 1 saturated heterocycles. The quantitative estimate of drug-likeness (QED) is 0.839. The van der Waals surface area contributed by atoms with Crippen molar-refractivity contribution >= 4 is 21.6 Å². The highest BCUT2D eigenvalue weighted by Crippen LogP contribution is 2.24. The normalized spacial score (nSPS) is 22.6. The maximum Gasteiger partial charge on any atom is 0.243 e. The fourth-order valence-electron chi connectivity index (χ4n) is 2.12. The monoisotopic (exact) mass is 302 g/mol. The molecule has 0 N–H and O–H groups in total. The Hall–Kier alpha value is -0.620. The summed E-state index contributed by atoms with van der Waals surface area (Å²) in [4.78, 5) is 2.44. The highest BCUT2D eigenvalue weighted by Gasteiger charge is 2.30. The zero-order chi connectivity index (χ0) is 14.2. The van der Waals surface area contributed by atoms with Crippen molar-refractivity contribution in [3.8, 4) is 0 Å². The summed E-state index contributed by atoms with van der Waals surface area (Å²) >= 11 is 6.02. The van der Waals surface area contributed by atoms with E-state index < -0.39 is 10.0 Å². The summed E-state index contributed by atoms with van der Waals surface area (Å²) in [6.45, 7) is 5.68. The molecular formula is C13H19ClN2O2S. The van der Waals surface area contributed by atoms with Crippen molar-refractivity contribution in [3.63, 3.8) is 0 Å². The van der Waals surface area contributed by atoms with Gasteiger partial charge < -0.3 is 4.90 Å². The smallest absolute Gasteiger partial charge is 0.243 e. The van der Waals surface area contributed by atoms with Crippen LogP contribution >= 0.6 is 11.6 Å². The largest absolute Gasteiger partial charge is 0.301 e. The summed E-state index contributed by atoms with van der Waals surface area (Å²) in [5, 5.41) is 0.489. The SMILES string of the molecule is Cc1ccc(S(=O)(=O)N2CCN(C)C(C)C2)cc1Cl. The molecule has 1 atom stereocenters. The Morgan fingerprint density at radius 1 is 1.32 bits per heavy atom. The van der Waals surface area contributed by atoms with Gasteiger partial charge in [-0.2, -0.15) is 4.31 Å². The standard InChI is InChI=1S/C13H19ClN2O2S/c1-10-4-5-12(8-13(10)14)19(17,18)16-7-6-15(3)11(2)9-16/h4-5,8,11H,6-7,9H2,1-3H3. The zero-order valence-corrected chi connectivity index (χ0v) is 13.0. The molecule has 0 aliphatic carbocycles. The molecule has 19 heavy (non-hydrogen) atoms. The summed E-state index contributed by atoms with van der Waals surface area (Å²) in [6.07, 6.45) is 0. The Kier molecular flexibility index (Phi) is 4.20. The molecule has 106 valence electrons. The molecule has 1 aliphatic heterocycles. The van der Waals surface area contributed by atoms with Gasteiger partial charge in [-0.05, 0) is 38.6 Å². The van der Waals surface area contributed by atoms with Crippen molar-refractivity contribution in [2.24, 2.45) is 0 Å². The lowest BCUT2D eigenvalue weighted by molar-refractivity contribution is 0.159. The van der Waals surface area contributed by atoms with Crippen molar-refractivity contribution in [2.45, 2.75) is 24.8 Å². The van der Waals surface area contributed by atoms with Crippen LogP contribution in [0.4, 0.5) is 0 Å². The second-order valence-electron chi connectivity index (χ2n) is 5.10. The van der Waals surface area contributed by atoms with E-state index in [0.29, 0.717) is 18.1 Å². The zero-order valence-electron chi connectivity index (χ0n) is 11.4. The van der Waals surface area contributed by atoms with Gasteiger partial charge >= 0.3 is 0 Å². The Balaban J connectivity index is 2.29. The summed E-state index contributed by atoms with van der Waals surface area (Å²) in [5.41, 5.74) is 0.882. The van der Waals surface area contributed by atoms with Gasteiger partial charge in [0.2, 0.25) is 10.0 Å². The van der Waals surface area contributed by atoms with Crippen LogP contribution in [0.2, 0.25) is 5.02 Å². The first kappa shape index (κ1) is 14.8. The number of hydrogen-bond acceptors (Lipinski definition) is 3. The number of rotatable bonds is 2. The van der Waals surface area contributed by atoms with Gasteiger partial charge in [0, 0.05) is 30.7 Å². The second kappa shape index (κ2) is 5.40. The first-order chi connectivity index (χ1) is 8.82. The Labute approximate surface area is 120 Å². The molecule has 1 aliphatic rings. The lowest BCUT2D eigenvalue weighted by Crippen LogP contribution is -2.51. The van der Waals surface area contributed by atoms with E-state index in [-0.39, 0.29) is 10.9 Å². The molecule has 0 amide bonds. The number of likely N-dealkylation sites (N-methyl/N-ethyl adjacent to an activating group) is 1. The van der Waals surface area contributed by atoms with Gasteiger partial charge in [-0.25, -0.2) is 8.42 Å². The highest BCUT2D eigenvalue weighted by molar-refractivity contribution is 7.89. The van der Waals surface area contributed by atoms with Gasteiger partial charge in [-0.1, -0.05) is 17.7 Å². The molecule has 0 spiro atoms. The van der Waals surface area contributed by atoms with Gasteiger partial charge in [-0.15, -0.1) is 0 Å². The molecule has 0 bridgehead atoms. The van der Waals surface area contributed by atoms with E-state index in [2.05, 4.69) is 4.90 Å². The van der Waals surface area contributed by atoms with E-state index in [0.717, 1.165) is 12.1 Å². The molecule has 1 aromatic rings. The summed E-state index contributed by atoms with van der Waals surface area (Å²) in [7, 11) is -1.42. The summed E-state index contributed by atoms with van der Waals surface area (Å²) < 4.78 is 26.6. The molecule has 1 unspecified atom stereocenters. The molecule has 1 fully saturated rings. The van der Waals surface area contributed by atoms with Crippen LogP contribution in [-0.4, -0.2) is 50.3 Å². The molecule has 1 heterocycles. The van der Waals surface area contributed by atoms with E-state index >= 15 is 0 Å². The van der Waals surface area contributed by atoms with Crippen molar-refractivity contribution in [1.29, 1.82) is 0 Å². The van der Waals surface area contributed by atoms with Crippen LogP contribution < -0.4 is 0 Å². The van der Waals surface area contributed by atoms with Gasteiger partial charge in [-0.3, -0.25) is 0 Å². The van der Waals surface area contributed by atoms with Crippen LogP contribution in [-0.2, 0) is 10.0 Å². The van der Waals surface area contributed by atoms with Crippen LogP contribution in [0, 0.1) is 6.92 Å². The Morgan fingerprint density at radius 2 is 2.00 bits per heavy atom. The molecule has 1 aromatic carbocycles. The maximum absolute atomic E-state index is 12.6. The Morgan fingerprint density at radius 3 is 2.58 bits per heavy atom. The van der Waals surface area contributed by atoms with E-state index in [4.69, 9.17) is 11.6 Å². The average molecular weight is 303 g/mol. The van der Waals surface area contributed by atoms with Crippen molar-refractivity contribution in [3.05, 3.63) is 28.8 Å². The first-order valence-corrected chi connectivity index (χ1v) is 8.10. The maximum atomic E-state index is 12.6. The minimum absolute atomic E-state index is 0.226. The number of piperazine rings is 1. The second-order valence-corrected chi connectivity index (χ2v) is 7.45. The lowest BCUT2D eigenvalue weighted by Gasteiger charge is -2.36. The van der Waals surface area contributed by atoms with Crippen LogP contribution in [0.3, 0.4) is 0 Å². The molecule has 2 rings (SSSR count). The minimum Gasteiger partial charge on any atom is -0.301 e. The lowest BCUT2D eigenvalue weighted by atomic mass is 10.2. The number of nitrogens with zero attached hydrogens (tertiary/aromatic N) is 2. The highest BCUT2D eigenvalue weighted by atomic mass is 35.5. The van der Waals surface area contributed by atoms with Crippen molar-refractivity contribution in [1.82, 2.24) is 9.21 Å². The van der Waals surface area contributed by atoms with Gasteiger partial charge in [0.1, 0.15) is 0 Å². The van der Waals surface area contributed by atoms with Crippen LogP contribution in [0.25, 0.3) is 0 Å². The fourth-order valence-corrected chi connectivity index (χ4v) is 3.90. The molecule has 6 heteroatoms. The van der Waals surface area contributed by atoms with Gasteiger partial charge in [0.25, 0.3) is 0 Å². The van der Waals surface area contributed by atoms with Gasteiger partial charge in [0.15, 0.2) is 0 Å². The van der Waals surface area contributed by atoms with E-state index in [9.17, 15) is 8.42 Å². The van der Waals surface area contributed by atoms with Crippen molar-refractivity contribution in [2.75, 3.05) is 26.7 Å². The first-order valence-electron chi connectivity index (χ1n) is 6.29. The summed E-state index contributed by atoms with van der Waals surface area (Å²) in [5.74, 6) is 0. The predicted molar refractivity (Wildman–Crippen MR) is 77.0 cm³/mol. The molecule has 0 radical (unpaired) electrons. The molecular weight excluding hydrogens is 284 g/mol. The Bertz CT molecular complexity index is 574. The average Bonchev–Trinajstić information content (AvgIpc) is 2.35. The number of sulfonamides is 1. The van der Waals surface area contributed by atoms with E-state index in [1.165, 1.54) is 6.07 Å². The van der Waals surface area contributed by atoms with Crippen LogP contribution in [0.5, 0.6) is 0 Å². The third-order valence-electron chi connectivity index (χ3n) is 3.70. The van der Waals surface area contributed by atoms with E-state index in [1.807, 2.05) is 20.9 Å². The molecule has 0 saturated carbocycles. The van der Waals surface area contributed by atoms with Crippen molar-refractivity contribution < 1.29 is 8.42 Å². The molecule has 4 nitrogen and oxygen atoms in total. The van der Waals surface area contributed by atoms with Crippen LogP contribution in [0.1, 0.15) is 12.5 Å². The van der Waals surface area contributed by atoms with E-state index in [1.54, 1.807) is 16.4 Å². The number of hydrogen-bond donors (Lipinski definition) is 0. The number of halogens is 1. The summed E-state index contributed by atoms with van der Waals surface area (Å²) in [6, 6.07) is 5.13. The predicted octanol–water partition coefficient (Wildman–Crippen LogP) is 1.97. The third kappa shape index (κ3) is 2.94. The minimum atomic E-state index is -3.44.